The standard InChI is InChI=1S/C56H103NO7/c1-6-8-10-12-14-16-18-20-22-24-26-27-28-29-31-33-35-37-39-41-43-45-47-55(59)64-52(50-62-49-48-53(56(60)61)57(3,4)5)51-63-54(58)46-44-42-40-38-36-34-32-30-25-23-21-19-17-15-13-11-9-7-2/h24,26,28-30,32,52-53H,6-23,25,27,31,33-51H2,1-5H3/p+1/b26-24+,29-28+,32-30+. The van der Waals surface area contributed by atoms with Gasteiger partial charge in [-0.25, -0.2) is 4.79 Å². The molecule has 64 heavy (non-hydrogen) atoms. The number of hydrogen-bond acceptors (Lipinski definition) is 6. The van der Waals surface area contributed by atoms with E-state index in [1.165, 1.54) is 161 Å². The second-order valence-corrected chi connectivity index (χ2v) is 19.5. The van der Waals surface area contributed by atoms with Crippen molar-refractivity contribution in [3.05, 3.63) is 36.5 Å². The minimum Gasteiger partial charge on any atom is -0.477 e. The third-order valence-electron chi connectivity index (χ3n) is 12.3. The molecule has 0 aliphatic carbocycles. The number of ether oxygens (including phenoxy) is 3. The van der Waals surface area contributed by atoms with Gasteiger partial charge in [0.25, 0.3) is 0 Å². The van der Waals surface area contributed by atoms with E-state index in [1.54, 1.807) is 0 Å². The van der Waals surface area contributed by atoms with Gasteiger partial charge in [-0.15, -0.1) is 0 Å². The Bertz CT molecular complexity index is 1140. The van der Waals surface area contributed by atoms with Gasteiger partial charge in [-0.3, -0.25) is 9.59 Å². The second kappa shape index (κ2) is 47.1. The maximum atomic E-state index is 12.8. The minimum absolute atomic E-state index is 0.0567. The lowest BCUT2D eigenvalue weighted by atomic mass is 10.1. The van der Waals surface area contributed by atoms with E-state index in [4.69, 9.17) is 14.2 Å². The summed E-state index contributed by atoms with van der Waals surface area (Å²) in [7, 11) is 5.54. The predicted octanol–water partition coefficient (Wildman–Crippen LogP) is 15.8. The van der Waals surface area contributed by atoms with Gasteiger partial charge >= 0.3 is 17.9 Å². The molecule has 0 heterocycles. The van der Waals surface area contributed by atoms with Crippen LogP contribution in [0.2, 0.25) is 0 Å². The summed E-state index contributed by atoms with van der Waals surface area (Å²) in [5.41, 5.74) is 0. The molecule has 8 heteroatoms. The molecule has 0 saturated carbocycles. The molecule has 0 aromatic carbocycles. The number of hydrogen-bond donors (Lipinski definition) is 1. The van der Waals surface area contributed by atoms with E-state index < -0.39 is 18.1 Å². The molecule has 0 aromatic rings. The normalized spacial score (nSPS) is 13.1. The lowest BCUT2D eigenvalue weighted by Crippen LogP contribution is -2.50. The summed E-state index contributed by atoms with van der Waals surface area (Å²) in [5, 5.41) is 9.66. The van der Waals surface area contributed by atoms with Crippen molar-refractivity contribution in [2.75, 3.05) is 41.0 Å². The first-order chi connectivity index (χ1) is 31.1. The first-order valence-electron chi connectivity index (χ1n) is 27.0. The molecular weight excluding hydrogens is 799 g/mol. The average Bonchev–Trinajstić information content (AvgIpc) is 3.26. The molecule has 0 amide bonds. The van der Waals surface area contributed by atoms with Crippen LogP contribution in [-0.2, 0) is 28.6 Å². The molecular formula is C56H104NO7+. The Morgan fingerprint density at radius 3 is 1.22 bits per heavy atom. The molecule has 8 nitrogen and oxygen atoms in total. The Morgan fingerprint density at radius 2 is 0.828 bits per heavy atom. The van der Waals surface area contributed by atoms with Gasteiger partial charge in [-0.2, -0.15) is 0 Å². The van der Waals surface area contributed by atoms with Gasteiger partial charge in [-0.1, -0.05) is 198 Å². The highest BCUT2D eigenvalue weighted by Gasteiger charge is 2.31. The number of carboxylic acid groups (broad SMARTS) is 1. The number of allylic oxidation sites excluding steroid dienone is 6. The van der Waals surface area contributed by atoms with E-state index >= 15 is 0 Å². The van der Waals surface area contributed by atoms with Crippen molar-refractivity contribution in [3.8, 4) is 0 Å². The first-order valence-corrected chi connectivity index (χ1v) is 27.0. The Hall–Kier alpha value is -2.45. The van der Waals surface area contributed by atoms with Gasteiger partial charge in [-0.05, 0) is 70.6 Å². The molecule has 0 radical (unpaired) electrons. The fourth-order valence-corrected chi connectivity index (χ4v) is 8.06. The fraction of sp³-hybridized carbons (Fsp3) is 0.839. The number of esters is 2. The predicted molar refractivity (Wildman–Crippen MR) is 271 cm³/mol. The summed E-state index contributed by atoms with van der Waals surface area (Å²) in [6, 6.07) is -0.618. The maximum absolute atomic E-state index is 12.8. The van der Waals surface area contributed by atoms with Crippen molar-refractivity contribution in [3.63, 3.8) is 0 Å². The first kappa shape index (κ1) is 61.5. The highest BCUT2D eigenvalue weighted by atomic mass is 16.6. The summed E-state index contributed by atoms with van der Waals surface area (Å²) >= 11 is 0. The van der Waals surface area contributed by atoms with Gasteiger partial charge in [0.2, 0.25) is 0 Å². The zero-order valence-corrected chi connectivity index (χ0v) is 42.7. The van der Waals surface area contributed by atoms with E-state index in [0.29, 0.717) is 19.3 Å². The monoisotopic (exact) mass is 903 g/mol. The van der Waals surface area contributed by atoms with Crippen molar-refractivity contribution in [2.45, 2.75) is 264 Å². The van der Waals surface area contributed by atoms with Crippen molar-refractivity contribution >= 4 is 17.9 Å². The van der Waals surface area contributed by atoms with E-state index in [1.807, 2.05) is 21.1 Å². The molecule has 374 valence electrons. The third kappa shape index (κ3) is 44.7. The number of carboxylic acids is 1. The number of unbranched alkanes of at least 4 members (excludes halogenated alkanes) is 29. The number of likely N-dealkylation sites (N-methyl/N-ethyl adjacent to an activating group) is 1. The maximum Gasteiger partial charge on any atom is 0.362 e. The summed E-state index contributed by atoms with van der Waals surface area (Å²) in [6.45, 7) is 4.75. The van der Waals surface area contributed by atoms with Gasteiger partial charge in [0.15, 0.2) is 12.1 Å². The van der Waals surface area contributed by atoms with E-state index in [9.17, 15) is 19.5 Å². The smallest absolute Gasteiger partial charge is 0.362 e. The van der Waals surface area contributed by atoms with Crippen LogP contribution < -0.4 is 0 Å². The molecule has 0 saturated heterocycles. The fourth-order valence-electron chi connectivity index (χ4n) is 8.06. The zero-order valence-electron chi connectivity index (χ0n) is 42.7. The van der Waals surface area contributed by atoms with Crippen LogP contribution in [-0.4, -0.2) is 80.6 Å². The molecule has 2 atom stereocenters. The highest BCUT2D eigenvalue weighted by Crippen LogP contribution is 2.15. The lowest BCUT2D eigenvalue weighted by molar-refractivity contribution is -0.887. The van der Waals surface area contributed by atoms with Crippen LogP contribution in [0, 0.1) is 0 Å². The van der Waals surface area contributed by atoms with Crippen molar-refractivity contribution < 1.29 is 38.2 Å². The molecule has 0 fully saturated rings. The van der Waals surface area contributed by atoms with Crippen LogP contribution in [0.1, 0.15) is 251 Å². The van der Waals surface area contributed by atoms with E-state index in [-0.39, 0.29) is 36.2 Å². The van der Waals surface area contributed by atoms with E-state index in [0.717, 1.165) is 57.8 Å². The topological polar surface area (TPSA) is 99.1 Å². The van der Waals surface area contributed by atoms with Crippen molar-refractivity contribution in [1.82, 2.24) is 0 Å². The summed E-state index contributed by atoms with van der Waals surface area (Å²) in [4.78, 5) is 37.2. The van der Waals surface area contributed by atoms with Crippen LogP contribution in [0.15, 0.2) is 36.5 Å². The molecule has 0 aliphatic heterocycles. The number of aliphatic carboxylic acids is 1. The molecule has 2 unspecified atom stereocenters. The van der Waals surface area contributed by atoms with Crippen LogP contribution in [0.3, 0.4) is 0 Å². The van der Waals surface area contributed by atoms with E-state index in [2.05, 4.69) is 50.3 Å². The molecule has 0 rings (SSSR count). The average molecular weight is 903 g/mol. The lowest BCUT2D eigenvalue weighted by Gasteiger charge is -2.31. The molecule has 0 aromatic heterocycles. The van der Waals surface area contributed by atoms with Crippen LogP contribution in [0.4, 0.5) is 0 Å². The van der Waals surface area contributed by atoms with Gasteiger partial charge in [0, 0.05) is 19.3 Å². The summed E-state index contributed by atoms with van der Waals surface area (Å²) in [6.07, 6.45) is 56.2. The number of nitrogens with zero attached hydrogens (tertiary/aromatic N) is 1. The number of carbonyl (C=O) groups excluding carboxylic acids is 2. The van der Waals surface area contributed by atoms with Gasteiger partial charge < -0.3 is 23.8 Å². The SMILES string of the molecule is CCCCCCCCCC/C=C/C/C=C/CCCCCCCCCC(=O)OC(COCCC(C(=O)O)[N+](C)(C)C)COC(=O)CCCCCCC/C=C/CCCCCCCCCCC. The van der Waals surface area contributed by atoms with Crippen molar-refractivity contribution in [2.24, 2.45) is 0 Å². The van der Waals surface area contributed by atoms with Crippen molar-refractivity contribution in [1.29, 1.82) is 0 Å². The molecule has 0 spiro atoms. The van der Waals surface area contributed by atoms with Crippen LogP contribution in [0.5, 0.6) is 0 Å². The third-order valence-corrected chi connectivity index (χ3v) is 12.3. The Labute approximate surface area is 395 Å². The summed E-state index contributed by atoms with van der Waals surface area (Å²) < 4.78 is 17.4. The number of quaternary nitrogens is 1. The van der Waals surface area contributed by atoms with Crippen LogP contribution in [0.25, 0.3) is 0 Å². The number of rotatable bonds is 49. The molecule has 1 N–H and O–H groups in total. The zero-order chi connectivity index (χ0) is 47.0. The number of carbonyl (C=O) groups is 3. The van der Waals surface area contributed by atoms with Crippen LogP contribution >= 0.6 is 0 Å². The van der Waals surface area contributed by atoms with Gasteiger partial charge in [0.1, 0.15) is 6.61 Å². The summed E-state index contributed by atoms with van der Waals surface area (Å²) in [5.74, 6) is -1.48. The Balaban J connectivity index is 4.24. The largest absolute Gasteiger partial charge is 0.477 e. The highest BCUT2D eigenvalue weighted by molar-refractivity contribution is 5.72. The Morgan fingerprint density at radius 1 is 0.469 bits per heavy atom. The molecule has 0 bridgehead atoms. The molecule has 0 aliphatic rings. The van der Waals surface area contributed by atoms with Gasteiger partial charge in [0.05, 0.1) is 34.4 Å². The Kier molecular flexibility index (Phi) is 45.3. The second-order valence-electron chi connectivity index (χ2n) is 19.5. The minimum atomic E-state index is -0.875. The quantitative estimate of drug-likeness (QED) is 0.0281.